The van der Waals surface area contributed by atoms with Crippen molar-refractivity contribution in [3.63, 3.8) is 0 Å². The number of amides is 1. The number of carboxylic acids is 1. The Hall–Kier alpha value is -2.28. The first-order chi connectivity index (χ1) is 9.65. The van der Waals surface area contributed by atoms with Crippen LogP contribution in [-0.2, 0) is 9.59 Å². The van der Waals surface area contributed by atoms with Gasteiger partial charge in [-0.3, -0.25) is 9.59 Å². The van der Waals surface area contributed by atoms with Crippen LogP contribution < -0.4 is 0 Å². The van der Waals surface area contributed by atoms with E-state index in [1.165, 1.54) is 0 Å². The van der Waals surface area contributed by atoms with Crippen LogP contribution in [0.5, 0.6) is 0 Å². The van der Waals surface area contributed by atoms with Crippen LogP contribution in [0.25, 0.3) is 0 Å². The molecule has 0 saturated carbocycles. The molecule has 0 radical (unpaired) electrons. The lowest BCUT2D eigenvalue weighted by atomic mass is 9.95. The number of hydrogen-bond donors (Lipinski definition) is 1. The second-order valence-electron chi connectivity index (χ2n) is 4.97. The number of rotatable bonds is 2. The van der Waals surface area contributed by atoms with Gasteiger partial charge >= 0.3 is 5.97 Å². The minimum absolute atomic E-state index is 0.0451. The Morgan fingerprint density at radius 1 is 1.30 bits per heavy atom. The average molecular weight is 271 g/mol. The fourth-order valence-electron chi connectivity index (χ4n) is 2.39. The Bertz CT molecular complexity index is 542. The Morgan fingerprint density at radius 2 is 2.05 bits per heavy atom. The number of nitrogens with zero attached hydrogens (tertiary/aromatic N) is 1. The molecule has 1 aromatic carbocycles. The summed E-state index contributed by atoms with van der Waals surface area (Å²) in [5.74, 6) is 4.49. The standard InChI is InChI=1S/C16H17NO3/c18-15(9-8-13-5-2-1-3-6-13)17-10-4-7-14(12-17)11-16(19)20/h1-3,5-6,14H,4,7,10-12H2,(H,19,20). The zero-order chi connectivity index (χ0) is 14.4. The van der Waals surface area contributed by atoms with Crippen LogP contribution in [0.3, 0.4) is 0 Å². The lowest BCUT2D eigenvalue weighted by Gasteiger charge is -2.30. The molecule has 1 aliphatic heterocycles. The summed E-state index contributed by atoms with van der Waals surface area (Å²) in [6.45, 7) is 1.16. The molecule has 1 saturated heterocycles. The van der Waals surface area contributed by atoms with Gasteiger partial charge in [0.1, 0.15) is 0 Å². The van der Waals surface area contributed by atoms with Gasteiger partial charge in [0, 0.05) is 31.0 Å². The molecule has 4 heteroatoms. The number of benzene rings is 1. The maximum Gasteiger partial charge on any atom is 0.303 e. The van der Waals surface area contributed by atoms with Gasteiger partial charge in [-0.25, -0.2) is 0 Å². The molecule has 0 bridgehead atoms. The molecule has 20 heavy (non-hydrogen) atoms. The van der Waals surface area contributed by atoms with Gasteiger partial charge in [-0.2, -0.15) is 0 Å². The van der Waals surface area contributed by atoms with Gasteiger partial charge in [-0.1, -0.05) is 24.1 Å². The molecule has 1 unspecified atom stereocenters. The summed E-state index contributed by atoms with van der Waals surface area (Å²) in [5.41, 5.74) is 0.806. The highest BCUT2D eigenvalue weighted by Crippen LogP contribution is 2.19. The molecule has 1 heterocycles. The summed E-state index contributed by atoms with van der Waals surface area (Å²) in [4.78, 5) is 24.4. The van der Waals surface area contributed by atoms with Gasteiger partial charge in [-0.05, 0) is 30.9 Å². The zero-order valence-electron chi connectivity index (χ0n) is 11.2. The molecule has 104 valence electrons. The van der Waals surface area contributed by atoms with E-state index in [4.69, 9.17) is 5.11 Å². The van der Waals surface area contributed by atoms with Crippen LogP contribution in [0.2, 0.25) is 0 Å². The van der Waals surface area contributed by atoms with Crippen LogP contribution in [-0.4, -0.2) is 35.0 Å². The minimum atomic E-state index is -0.806. The number of carbonyl (C=O) groups excluding carboxylic acids is 1. The highest BCUT2D eigenvalue weighted by molar-refractivity contribution is 5.94. The number of piperidine rings is 1. The molecule has 0 spiro atoms. The molecular weight excluding hydrogens is 254 g/mol. The van der Waals surface area contributed by atoms with Crippen LogP contribution in [0.15, 0.2) is 30.3 Å². The normalized spacial score (nSPS) is 18.0. The fraction of sp³-hybridized carbons (Fsp3) is 0.375. The summed E-state index contributed by atoms with van der Waals surface area (Å²) >= 11 is 0. The Morgan fingerprint density at radius 3 is 2.75 bits per heavy atom. The lowest BCUT2D eigenvalue weighted by Crippen LogP contribution is -2.39. The smallest absolute Gasteiger partial charge is 0.303 e. The van der Waals surface area contributed by atoms with Gasteiger partial charge in [-0.15, -0.1) is 0 Å². The Labute approximate surface area is 118 Å². The SMILES string of the molecule is O=C(O)CC1CCCN(C(=O)C#Cc2ccccc2)C1. The van der Waals surface area contributed by atoms with Gasteiger partial charge in [0.05, 0.1) is 0 Å². The van der Waals surface area contributed by atoms with Crippen LogP contribution >= 0.6 is 0 Å². The highest BCUT2D eigenvalue weighted by atomic mass is 16.4. The van der Waals surface area contributed by atoms with E-state index in [1.807, 2.05) is 30.3 Å². The first-order valence-electron chi connectivity index (χ1n) is 6.73. The molecule has 1 atom stereocenters. The van der Waals surface area contributed by atoms with Crippen molar-refractivity contribution >= 4 is 11.9 Å². The molecule has 1 N–H and O–H groups in total. The number of hydrogen-bond acceptors (Lipinski definition) is 2. The van der Waals surface area contributed by atoms with Gasteiger partial charge in [0.15, 0.2) is 0 Å². The highest BCUT2D eigenvalue weighted by Gasteiger charge is 2.24. The number of likely N-dealkylation sites (tertiary alicyclic amines) is 1. The van der Waals surface area contributed by atoms with Crippen molar-refractivity contribution in [2.45, 2.75) is 19.3 Å². The number of carboxylic acid groups (broad SMARTS) is 1. The second-order valence-corrected chi connectivity index (χ2v) is 4.97. The molecular formula is C16H17NO3. The van der Waals surface area contributed by atoms with Gasteiger partial charge in [0.25, 0.3) is 5.91 Å². The molecule has 2 rings (SSSR count). The van der Waals surface area contributed by atoms with Crippen LogP contribution in [0.4, 0.5) is 0 Å². The van der Waals surface area contributed by atoms with E-state index in [-0.39, 0.29) is 18.2 Å². The van der Waals surface area contributed by atoms with Crippen LogP contribution in [0, 0.1) is 17.8 Å². The van der Waals surface area contributed by atoms with E-state index in [0.29, 0.717) is 13.1 Å². The molecule has 1 amide bonds. The van der Waals surface area contributed by atoms with Gasteiger partial charge < -0.3 is 10.0 Å². The second kappa shape index (κ2) is 6.76. The third-order valence-electron chi connectivity index (χ3n) is 3.36. The summed E-state index contributed by atoms with van der Waals surface area (Å²) in [7, 11) is 0. The Kier molecular flexibility index (Phi) is 4.78. The van der Waals surface area contributed by atoms with Crippen molar-refractivity contribution in [2.24, 2.45) is 5.92 Å². The molecule has 1 aromatic rings. The van der Waals surface area contributed by atoms with E-state index < -0.39 is 5.97 Å². The molecule has 0 aliphatic carbocycles. The molecule has 0 aromatic heterocycles. The Balaban J connectivity index is 1.95. The molecule has 4 nitrogen and oxygen atoms in total. The van der Waals surface area contributed by atoms with Crippen LogP contribution in [0.1, 0.15) is 24.8 Å². The average Bonchev–Trinajstić information content (AvgIpc) is 2.45. The topological polar surface area (TPSA) is 57.6 Å². The van der Waals surface area contributed by atoms with Gasteiger partial charge in [0.2, 0.25) is 0 Å². The first-order valence-corrected chi connectivity index (χ1v) is 6.73. The third kappa shape index (κ3) is 4.13. The van der Waals surface area contributed by atoms with Crippen molar-refractivity contribution in [1.82, 2.24) is 4.90 Å². The van der Waals surface area contributed by atoms with Crippen molar-refractivity contribution in [2.75, 3.05) is 13.1 Å². The molecule has 1 fully saturated rings. The summed E-state index contributed by atoms with van der Waals surface area (Å²) in [5, 5.41) is 8.81. The first kappa shape index (κ1) is 14.1. The monoisotopic (exact) mass is 271 g/mol. The summed E-state index contributed by atoms with van der Waals surface area (Å²) in [6.07, 6.45) is 1.83. The van der Waals surface area contributed by atoms with E-state index in [0.717, 1.165) is 18.4 Å². The van der Waals surface area contributed by atoms with Crippen molar-refractivity contribution in [3.05, 3.63) is 35.9 Å². The quantitative estimate of drug-likeness (QED) is 0.834. The van der Waals surface area contributed by atoms with E-state index >= 15 is 0 Å². The van der Waals surface area contributed by atoms with E-state index in [1.54, 1.807) is 4.90 Å². The summed E-state index contributed by atoms with van der Waals surface area (Å²) in [6, 6.07) is 9.35. The maximum atomic E-state index is 12.0. The third-order valence-corrected chi connectivity index (χ3v) is 3.36. The van der Waals surface area contributed by atoms with Crippen molar-refractivity contribution < 1.29 is 14.7 Å². The van der Waals surface area contributed by atoms with E-state index in [9.17, 15) is 9.59 Å². The lowest BCUT2D eigenvalue weighted by molar-refractivity contribution is -0.139. The predicted molar refractivity (Wildman–Crippen MR) is 74.9 cm³/mol. The van der Waals surface area contributed by atoms with E-state index in [2.05, 4.69) is 11.8 Å². The number of carbonyl (C=O) groups is 2. The summed E-state index contributed by atoms with van der Waals surface area (Å²) < 4.78 is 0. The van der Waals surface area contributed by atoms with Crippen molar-refractivity contribution in [1.29, 1.82) is 0 Å². The number of aliphatic carboxylic acids is 1. The van der Waals surface area contributed by atoms with Crippen molar-refractivity contribution in [3.8, 4) is 11.8 Å². The molecule has 1 aliphatic rings. The maximum absolute atomic E-state index is 12.0. The predicted octanol–water partition coefficient (Wildman–Crippen LogP) is 1.75. The fourth-order valence-corrected chi connectivity index (χ4v) is 2.39. The largest absolute Gasteiger partial charge is 0.481 e. The minimum Gasteiger partial charge on any atom is -0.481 e. The zero-order valence-corrected chi connectivity index (χ0v) is 11.2.